The van der Waals surface area contributed by atoms with E-state index in [9.17, 15) is 9.18 Å². The van der Waals surface area contributed by atoms with Crippen LogP contribution in [0.15, 0.2) is 65.2 Å². The summed E-state index contributed by atoms with van der Waals surface area (Å²) < 4.78 is 26.1. The highest BCUT2D eigenvalue weighted by Gasteiger charge is 2.14. The van der Waals surface area contributed by atoms with Crippen LogP contribution in [-0.2, 0) is 13.2 Å². The van der Waals surface area contributed by atoms with Crippen molar-refractivity contribution >= 4 is 34.9 Å². The fourth-order valence-corrected chi connectivity index (χ4v) is 3.54. The van der Waals surface area contributed by atoms with E-state index in [1.165, 1.54) is 12.1 Å². The minimum atomic E-state index is -0.449. The molecule has 32 heavy (non-hydrogen) atoms. The van der Waals surface area contributed by atoms with E-state index < -0.39 is 11.7 Å². The van der Waals surface area contributed by atoms with Crippen molar-refractivity contribution in [3.05, 3.63) is 99.3 Å². The third kappa shape index (κ3) is 5.12. The fourth-order valence-electron chi connectivity index (χ4n) is 3.04. The maximum Gasteiger partial charge on any atom is 0.292 e. The molecule has 0 spiro atoms. The normalized spacial score (nSPS) is 10.9. The smallest absolute Gasteiger partial charge is 0.292 e. The average molecular weight is 474 g/mol. The summed E-state index contributed by atoms with van der Waals surface area (Å²) in [5, 5.41) is 7.78. The van der Waals surface area contributed by atoms with Crippen molar-refractivity contribution in [1.82, 2.24) is 9.78 Å². The Bertz CT molecular complexity index is 1250. The van der Waals surface area contributed by atoms with Gasteiger partial charge in [-0.3, -0.25) is 9.48 Å². The first kappa shape index (κ1) is 21.9. The molecule has 0 fully saturated rings. The van der Waals surface area contributed by atoms with Crippen LogP contribution >= 0.6 is 23.2 Å². The standard InChI is InChI=1S/C23H18Cl2FN3O3/c1-14-3-2-4-18(24)22(14)31-13-17-7-8-20(32-17)23(30)27-21-9-10-29(28-21)12-15-5-6-16(26)11-19(15)25/h2-11H,12-13H2,1H3,(H,27,28,30). The molecule has 0 unspecified atom stereocenters. The minimum absolute atomic E-state index is 0.121. The Kier molecular flexibility index (Phi) is 6.48. The van der Waals surface area contributed by atoms with Gasteiger partial charge >= 0.3 is 0 Å². The van der Waals surface area contributed by atoms with Gasteiger partial charge in [0.05, 0.1) is 11.6 Å². The molecule has 0 radical (unpaired) electrons. The number of aryl methyl sites for hydroxylation is 1. The molecule has 4 rings (SSSR count). The molecule has 1 N–H and O–H groups in total. The Balaban J connectivity index is 1.36. The van der Waals surface area contributed by atoms with Crippen molar-refractivity contribution in [3.63, 3.8) is 0 Å². The molecule has 0 saturated heterocycles. The van der Waals surface area contributed by atoms with Crippen LogP contribution in [0.3, 0.4) is 0 Å². The van der Waals surface area contributed by atoms with E-state index >= 15 is 0 Å². The van der Waals surface area contributed by atoms with Gasteiger partial charge in [-0.15, -0.1) is 0 Å². The van der Waals surface area contributed by atoms with Gasteiger partial charge in [-0.25, -0.2) is 4.39 Å². The van der Waals surface area contributed by atoms with E-state index in [0.29, 0.717) is 39.5 Å². The number of hydrogen-bond donors (Lipinski definition) is 1. The van der Waals surface area contributed by atoms with Crippen molar-refractivity contribution in [1.29, 1.82) is 0 Å². The van der Waals surface area contributed by atoms with Gasteiger partial charge in [0.15, 0.2) is 11.6 Å². The number of ether oxygens (including phenoxy) is 1. The Morgan fingerprint density at radius 3 is 2.78 bits per heavy atom. The van der Waals surface area contributed by atoms with Gasteiger partial charge in [0.1, 0.15) is 23.9 Å². The molecule has 0 aliphatic carbocycles. The molecule has 9 heteroatoms. The number of aromatic nitrogens is 2. The van der Waals surface area contributed by atoms with Crippen molar-refractivity contribution in [2.75, 3.05) is 5.32 Å². The lowest BCUT2D eigenvalue weighted by atomic mass is 10.2. The Morgan fingerprint density at radius 1 is 1.16 bits per heavy atom. The first-order chi connectivity index (χ1) is 15.4. The summed E-state index contributed by atoms with van der Waals surface area (Å²) in [5.74, 6) is 0.659. The summed E-state index contributed by atoms with van der Waals surface area (Å²) in [6.45, 7) is 2.36. The quantitative estimate of drug-likeness (QED) is 0.351. The molecule has 164 valence electrons. The second-order valence-electron chi connectivity index (χ2n) is 7.03. The van der Waals surface area contributed by atoms with Crippen LogP contribution in [0.25, 0.3) is 0 Å². The Hall–Kier alpha value is -3.29. The number of rotatable bonds is 7. The van der Waals surface area contributed by atoms with E-state index in [4.69, 9.17) is 32.4 Å². The molecule has 2 aromatic heterocycles. The molecule has 6 nitrogen and oxygen atoms in total. The van der Waals surface area contributed by atoms with Gasteiger partial charge in [0, 0.05) is 17.3 Å². The third-order valence-corrected chi connectivity index (χ3v) is 5.29. The number of anilines is 1. The van der Waals surface area contributed by atoms with Crippen LogP contribution in [0, 0.1) is 12.7 Å². The average Bonchev–Trinajstić information content (AvgIpc) is 3.39. The van der Waals surface area contributed by atoms with Crippen LogP contribution in [0.2, 0.25) is 10.0 Å². The highest BCUT2D eigenvalue weighted by atomic mass is 35.5. The molecule has 4 aromatic rings. The van der Waals surface area contributed by atoms with E-state index in [-0.39, 0.29) is 12.4 Å². The van der Waals surface area contributed by atoms with Gasteiger partial charge in [-0.1, -0.05) is 41.4 Å². The number of halogens is 3. The van der Waals surface area contributed by atoms with Crippen LogP contribution in [-0.4, -0.2) is 15.7 Å². The van der Waals surface area contributed by atoms with Crippen molar-refractivity contribution in [3.8, 4) is 5.75 Å². The second kappa shape index (κ2) is 9.46. The predicted molar refractivity (Wildman–Crippen MR) is 120 cm³/mol. The molecule has 1 amide bonds. The fraction of sp³-hybridized carbons (Fsp3) is 0.130. The van der Waals surface area contributed by atoms with E-state index in [0.717, 1.165) is 5.56 Å². The summed E-state index contributed by atoms with van der Waals surface area (Å²) >= 11 is 12.2. The third-order valence-electron chi connectivity index (χ3n) is 4.64. The number of carbonyl (C=O) groups excluding carboxylic acids is 1. The molecule has 0 bridgehead atoms. The maximum atomic E-state index is 13.2. The van der Waals surface area contributed by atoms with Crippen LogP contribution in [0.4, 0.5) is 10.2 Å². The zero-order valence-electron chi connectivity index (χ0n) is 16.9. The molecule has 2 aromatic carbocycles. The lowest BCUT2D eigenvalue weighted by molar-refractivity contribution is 0.0992. The first-order valence-corrected chi connectivity index (χ1v) is 10.4. The zero-order chi connectivity index (χ0) is 22.7. The molecule has 0 aliphatic heterocycles. The zero-order valence-corrected chi connectivity index (χ0v) is 18.5. The molecule has 0 aliphatic rings. The van der Waals surface area contributed by atoms with E-state index in [1.807, 2.05) is 19.1 Å². The van der Waals surface area contributed by atoms with Crippen LogP contribution in [0.5, 0.6) is 5.75 Å². The molecular weight excluding hydrogens is 456 g/mol. The number of nitrogens with one attached hydrogen (secondary N) is 1. The summed E-state index contributed by atoms with van der Waals surface area (Å²) in [7, 11) is 0. The van der Waals surface area contributed by atoms with Gasteiger partial charge in [-0.2, -0.15) is 5.10 Å². The number of para-hydroxylation sites is 1. The largest absolute Gasteiger partial charge is 0.484 e. The number of nitrogens with zero attached hydrogens (tertiary/aromatic N) is 2. The van der Waals surface area contributed by atoms with E-state index in [2.05, 4.69) is 10.4 Å². The Labute approximate surface area is 193 Å². The van der Waals surface area contributed by atoms with Crippen molar-refractivity contribution in [2.24, 2.45) is 0 Å². The number of amides is 1. The predicted octanol–water partition coefficient (Wildman–Crippen LogP) is 6.11. The monoisotopic (exact) mass is 473 g/mol. The highest BCUT2D eigenvalue weighted by Crippen LogP contribution is 2.29. The minimum Gasteiger partial charge on any atom is -0.484 e. The summed E-state index contributed by atoms with van der Waals surface area (Å²) in [6.07, 6.45) is 1.68. The molecular formula is C23H18Cl2FN3O3. The lowest BCUT2D eigenvalue weighted by Crippen LogP contribution is -2.12. The first-order valence-electron chi connectivity index (χ1n) is 9.64. The number of carbonyl (C=O) groups is 1. The topological polar surface area (TPSA) is 69.3 Å². The number of benzene rings is 2. The Morgan fingerprint density at radius 2 is 2.00 bits per heavy atom. The van der Waals surface area contributed by atoms with Crippen molar-refractivity contribution < 1.29 is 18.3 Å². The van der Waals surface area contributed by atoms with Crippen LogP contribution < -0.4 is 10.1 Å². The van der Waals surface area contributed by atoms with Crippen LogP contribution in [0.1, 0.15) is 27.4 Å². The number of hydrogen-bond acceptors (Lipinski definition) is 4. The van der Waals surface area contributed by atoms with Gasteiger partial charge in [0.25, 0.3) is 5.91 Å². The second-order valence-corrected chi connectivity index (χ2v) is 7.84. The van der Waals surface area contributed by atoms with Crippen molar-refractivity contribution in [2.45, 2.75) is 20.1 Å². The lowest BCUT2D eigenvalue weighted by Gasteiger charge is -2.09. The SMILES string of the molecule is Cc1cccc(Cl)c1OCc1ccc(C(=O)Nc2ccn(Cc3ccc(F)cc3Cl)n2)o1. The summed E-state index contributed by atoms with van der Waals surface area (Å²) in [5.41, 5.74) is 1.61. The molecule has 0 atom stereocenters. The number of furan rings is 1. The molecule has 2 heterocycles. The van der Waals surface area contributed by atoms with E-state index in [1.54, 1.807) is 41.2 Å². The van der Waals surface area contributed by atoms with Gasteiger partial charge < -0.3 is 14.5 Å². The van der Waals surface area contributed by atoms with Gasteiger partial charge in [-0.05, 0) is 48.4 Å². The maximum absolute atomic E-state index is 13.2. The highest BCUT2D eigenvalue weighted by molar-refractivity contribution is 6.32. The van der Waals surface area contributed by atoms with Gasteiger partial charge in [0.2, 0.25) is 0 Å². The summed E-state index contributed by atoms with van der Waals surface area (Å²) in [6, 6.07) is 14.5. The summed E-state index contributed by atoms with van der Waals surface area (Å²) in [4.78, 5) is 12.5. The molecule has 0 saturated carbocycles.